The van der Waals surface area contributed by atoms with Gasteiger partial charge in [-0.15, -0.1) is 0 Å². The van der Waals surface area contributed by atoms with Crippen molar-refractivity contribution in [3.05, 3.63) is 60.4 Å². The van der Waals surface area contributed by atoms with Gasteiger partial charge < -0.3 is 9.88 Å². The number of benzene rings is 1. The number of rotatable bonds is 4. The molecule has 142 valence electrons. The maximum absolute atomic E-state index is 13.1. The number of carbonyl (C=O) groups is 1. The summed E-state index contributed by atoms with van der Waals surface area (Å²) >= 11 is 0. The molecule has 2 heterocycles. The van der Waals surface area contributed by atoms with Crippen molar-refractivity contribution in [2.45, 2.75) is 32.5 Å². The van der Waals surface area contributed by atoms with Crippen molar-refractivity contribution in [1.29, 1.82) is 0 Å². The standard InChI is InChI=1S/C18H18F3N5O/c1-12-9-23-26(10-12)17(2,3)16(27)24-14-5-4-13(18(19,20)21)8-15(14)25-7-6-22-11-25/h4-11H,1-3H3,(H,24,27). The number of anilines is 1. The zero-order valence-electron chi connectivity index (χ0n) is 14.9. The molecule has 0 radical (unpaired) electrons. The lowest BCUT2D eigenvalue weighted by Gasteiger charge is -2.25. The van der Waals surface area contributed by atoms with E-state index in [1.54, 1.807) is 26.2 Å². The molecule has 0 saturated heterocycles. The molecule has 3 rings (SSSR count). The Bertz CT molecular complexity index is 958. The largest absolute Gasteiger partial charge is 0.416 e. The van der Waals surface area contributed by atoms with Crippen molar-refractivity contribution in [3.63, 3.8) is 0 Å². The SMILES string of the molecule is Cc1cnn(C(C)(C)C(=O)Nc2ccc(C(F)(F)F)cc2-n2ccnc2)c1. The highest BCUT2D eigenvalue weighted by Crippen LogP contribution is 2.33. The summed E-state index contributed by atoms with van der Waals surface area (Å²) < 4.78 is 42.2. The van der Waals surface area contributed by atoms with Crippen LogP contribution >= 0.6 is 0 Å². The highest BCUT2D eigenvalue weighted by Gasteiger charge is 2.33. The van der Waals surface area contributed by atoms with Gasteiger partial charge in [-0.3, -0.25) is 9.48 Å². The topological polar surface area (TPSA) is 64.7 Å². The van der Waals surface area contributed by atoms with Crippen molar-refractivity contribution in [1.82, 2.24) is 19.3 Å². The second kappa shape index (κ2) is 6.57. The van der Waals surface area contributed by atoms with Crippen LogP contribution in [0.3, 0.4) is 0 Å². The van der Waals surface area contributed by atoms with Crippen LogP contribution in [-0.2, 0) is 16.5 Å². The van der Waals surface area contributed by atoms with Gasteiger partial charge in [0, 0.05) is 18.6 Å². The van der Waals surface area contributed by atoms with Crippen LogP contribution in [0.2, 0.25) is 0 Å². The maximum Gasteiger partial charge on any atom is 0.416 e. The van der Waals surface area contributed by atoms with Gasteiger partial charge in [0.15, 0.2) is 0 Å². The van der Waals surface area contributed by atoms with Crippen LogP contribution < -0.4 is 5.32 Å². The molecule has 1 aromatic carbocycles. The van der Waals surface area contributed by atoms with Gasteiger partial charge in [0.1, 0.15) is 5.54 Å². The molecule has 0 saturated carbocycles. The third-order valence-corrected chi connectivity index (χ3v) is 4.20. The summed E-state index contributed by atoms with van der Waals surface area (Å²) in [5.74, 6) is -0.410. The predicted octanol–water partition coefficient (Wildman–Crippen LogP) is 3.77. The maximum atomic E-state index is 13.1. The lowest BCUT2D eigenvalue weighted by molar-refractivity contribution is -0.137. The van der Waals surface area contributed by atoms with Crippen molar-refractivity contribution in [2.24, 2.45) is 0 Å². The molecule has 27 heavy (non-hydrogen) atoms. The molecule has 0 unspecified atom stereocenters. The summed E-state index contributed by atoms with van der Waals surface area (Å²) in [7, 11) is 0. The van der Waals surface area contributed by atoms with Crippen LogP contribution in [0, 0.1) is 6.92 Å². The molecule has 0 aliphatic carbocycles. The summed E-state index contributed by atoms with van der Waals surface area (Å²) in [6.45, 7) is 5.20. The van der Waals surface area contributed by atoms with E-state index in [0.29, 0.717) is 0 Å². The first-order valence-corrected chi connectivity index (χ1v) is 8.12. The average Bonchev–Trinajstić information content (AvgIpc) is 3.25. The lowest BCUT2D eigenvalue weighted by atomic mass is 10.0. The molecule has 3 aromatic rings. The van der Waals surface area contributed by atoms with E-state index in [9.17, 15) is 18.0 Å². The number of nitrogens with zero attached hydrogens (tertiary/aromatic N) is 4. The Hall–Kier alpha value is -3.10. The van der Waals surface area contributed by atoms with Crippen LogP contribution in [0.5, 0.6) is 0 Å². The Labute approximate surface area is 153 Å². The number of hydrogen-bond donors (Lipinski definition) is 1. The van der Waals surface area contributed by atoms with Crippen molar-refractivity contribution in [2.75, 3.05) is 5.32 Å². The first-order valence-electron chi connectivity index (χ1n) is 8.12. The van der Waals surface area contributed by atoms with Gasteiger partial charge in [-0.2, -0.15) is 18.3 Å². The number of aromatic nitrogens is 4. The van der Waals surface area contributed by atoms with Crippen LogP contribution in [0.15, 0.2) is 49.3 Å². The molecule has 0 spiro atoms. The smallest absolute Gasteiger partial charge is 0.322 e. The highest BCUT2D eigenvalue weighted by molar-refractivity contribution is 5.97. The molecular weight excluding hydrogens is 359 g/mol. The Morgan fingerprint density at radius 1 is 1.22 bits per heavy atom. The number of hydrogen-bond acceptors (Lipinski definition) is 3. The quantitative estimate of drug-likeness (QED) is 0.753. The molecule has 1 N–H and O–H groups in total. The minimum absolute atomic E-state index is 0.170. The van der Waals surface area contributed by atoms with Gasteiger partial charge in [-0.1, -0.05) is 0 Å². The van der Waals surface area contributed by atoms with Crippen LogP contribution in [0.1, 0.15) is 25.0 Å². The molecule has 0 aliphatic rings. The Morgan fingerprint density at radius 2 is 1.96 bits per heavy atom. The second-order valence-corrected chi connectivity index (χ2v) is 6.68. The number of aryl methyl sites for hydroxylation is 1. The van der Waals surface area contributed by atoms with E-state index in [0.717, 1.165) is 17.7 Å². The van der Waals surface area contributed by atoms with Gasteiger partial charge in [-0.05, 0) is 44.5 Å². The van der Waals surface area contributed by atoms with Crippen LogP contribution in [-0.4, -0.2) is 25.2 Å². The summed E-state index contributed by atoms with van der Waals surface area (Å²) in [6, 6.07) is 3.14. The predicted molar refractivity (Wildman–Crippen MR) is 93.5 cm³/mol. The number of amides is 1. The number of alkyl halides is 3. The minimum atomic E-state index is -4.50. The zero-order chi connectivity index (χ0) is 19.8. The van der Waals surface area contributed by atoms with Crippen molar-refractivity contribution < 1.29 is 18.0 Å². The second-order valence-electron chi connectivity index (χ2n) is 6.68. The van der Waals surface area contributed by atoms with E-state index in [1.165, 1.54) is 34.0 Å². The Balaban J connectivity index is 1.98. The molecule has 0 atom stereocenters. The lowest BCUT2D eigenvalue weighted by Crippen LogP contribution is -2.40. The molecular formula is C18H18F3N5O. The van der Waals surface area contributed by atoms with Crippen molar-refractivity contribution in [3.8, 4) is 5.69 Å². The van der Waals surface area contributed by atoms with E-state index < -0.39 is 23.2 Å². The van der Waals surface area contributed by atoms with Gasteiger partial charge in [0.05, 0.1) is 29.5 Å². The first-order chi connectivity index (χ1) is 12.6. The number of halogens is 3. The average molecular weight is 377 g/mol. The highest BCUT2D eigenvalue weighted by atomic mass is 19.4. The van der Waals surface area contributed by atoms with Crippen LogP contribution in [0.25, 0.3) is 5.69 Å². The van der Waals surface area contributed by atoms with E-state index >= 15 is 0 Å². The summed E-state index contributed by atoms with van der Waals surface area (Å²) in [6.07, 6.45) is 3.18. The molecule has 0 bridgehead atoms. The minimum Gasteiger partial charge on any atom is -0.322 e. The summed E-state index contributed by atoms with van der Waals surface area (Å²) in [4.78, 5) is 16.7. The van der Waals surface area contributed by atoms with E-state index in [2.05, 4.69) is 15.4 Å². The monoisotopic (exact) mass is 377 g/mol. The normalized spacial score (nSPS) is 12.2. The molecule has 2 aromatic heterocycles. The van der Waals surface area contributed by atoms with Gasteiger partial charge >= 0.3 is 6.18 Å². The Kier molecular flexibility index (Phi) is 4.54. The van der Waals surface area contributed by atoms with Gasteiger partial charge in [0.25, 0.3) is 5.91 Å². The number of carbonyl (C=O) groups excluding carboxylic acids is 1. The van der Waals surface area contributed by atoms with Crippen molar-refractivity contribution >= 4 is 11.6 Å². The van der Waals surface area contributed by atoms with Crippen LogP contribution in [0.4, 0.5) is 18.9 Å². The summed E-state index contributed by atoms with van der Waals surface area (Å²) in [5, 5.41) is 6.87. The molecule has 0 fully saturated rings. The third-order valence-electron chi connectivity index (χ3n) is 4.20. The zero-order valence-corrected chi connectivity index (χ0v) is 14.9. The fourth-order valence-corrected chi connectivity index (χ4v) is 2.53. The first kappa shape index (κ1) is 18.7. The number of imidazole rings is 1. The van der Waals surface area contributed by atoms with E-state index in [-0.39, 0.29) is 11.4 Å². The van der Waals surface area contributed by atoms with Gasteiger partial charge in [0.2, 0.25) is 0 Å². The fourth-order valence-electron chi connectivity index (χ4n) is 2.53. The number of nitrogens with one attached hydrogen (secondary N) is 1. The van der Waals surface area contributed by atoms with Gasteiger partial charge in [-0.25, -0.2) is 4.98 Å². The van der Waals surface area contributed by atoms with E-state index in [4.69, 9.17) is 0 Å². The van der Waals surface area contributed by atoms with E-state index in [1.807, 2.05) is 6.92 Å². The molecule has 9 heteroatoms. The summed E-state index contributed by atoms with van der Waals surface area (Å²) in [5.41, 5.74) is -0.551. The molecule has 0 aliphatic heterocycles. The third kappa shape index (κ3) is 3.71. The fraction of sp³-hybridized carbons (Fsp3) is 0.278. The Morgan fingerprint density at radius 3 is 2.52 bits per heavy atom. The molecule has 1 amide bonds. The molecule has 6 nitrogen and oxygen atoms in total.